The van der Waals surface area contributed by atoms with Gasteiger partial charge >= 0.3 is 6.18 Å². The summed E-state index contributed by atoms with van der Waals surface area (Å²) in [5.41, 5.74) is -0.832. The van der Waals surface area contributed by atoms with Crippen LogP contribution in [0, 0.1) is 6.92 Å². The van der Waals surface area contributed by atoms with Gasteiger partial charge in [0.2, 0.25) is 5.75 Å². The third-order valence-corrected chi connectivity index (χ3v) is 5.13. The predicted octanol–water partition coefficient (Wildman–Crippen LogP) is 4.12. The van der Waals surface area contributed by atoms with E-state index < -0.39 is 23.2 Å². The molecule has 0 aliphatic carbocycles. The molecule has 0 atom stereocenters. The highest BCUT2D eigenvalue weighted by atomic mass is 19.4. The van der Waals surface area contributed by atoms with Gasteiger partial charge in [0.1, 0.15) is 5.56 Å². The molecule has 2 aromatic carbocycles. The molecule has 10 heteroatoms. The van der Waals surface area contributed by atoms with E-state index in [0.29, 0.717) is 28.5 Å². The number of ether oxygens (including phenoxy) is 3. The lowest BCUT2D eigenvalue weighted by atomic mass is 10.1. The lowest BCUT2D eigenvalue weighted by Crippen LogP contribution is -2.33. The van der Waals surface area contributed by atoms with Crippen LogP contribution in [0.5, 0.6) is 17.2 Å². The summed E-state index contributed by atoms with van der Waals surface area (Å²) in [4.78, 5) is 25.9. The number of aryl methyl sites for hydroxylation is 1. The first kappa shape index (κ1) is 24.7. The minimum Gasteiger partial charge on any atom is -0.493 e. The molecule has 34 heavy (non-hydrogen) atoms. The minimum absolute atomic E-state index is 0.0107. The highest BCUT2D eigenvalue weighted by Gasteiger charge is 2.30. The molecule has 0 aliphatic rings. The lowest BCUT2D eigenvalue weighted by molar-refractivity contribution is -0.137. The smallest absolute Gasteiger partial charge is 0.416 e. The van der Waals surface area contributed by atoms with E-state index in [2.05, 4.69) is 5.32 Å². The second-order valence-electron chi connectivity index (χ2n) is 7.29. The topological polar surface area (TPSA) is 78.8 Å². The average molecular weight is 476 g/mol. The van der Waals surface area contributed by atoms with Crippen LogP contribution in [-0.2, 0) is 12.7 Å². The summed E-state index contributed by atoms with van der Waals surface area (Å²) in [6.45, 7) is 1.60. The number of carbonyl (C=O) groups excluding carboxylic acids is 1. The molecule has 1 N–H and O–H groups in total. The summed E-state index contributed by atoms with van der Waals surface area (Å²) in [7, 11) is 4.39. The summed E-state index contributed by atoms with van der Waals surface area (Å²) in [5.74, 6) is 0.503. The number of hydrogen-bond acceptors (Lipinski definition) is 5. The quantitative estimate of drug-likeness (QED) is 0.555. The van der Waals surface area contributed by atoms with Gasteiger partial charge in [-0.05, 0) is 55.0 Å². The first-order chi connectivity index (χ1) is 16.1. The van der Waals surface area contributed by atoms with Gasteiger partial charge < -0.3 is 19.5 Å². The monoisotopic (exact) mass is 476 g/mol. The normalized spacial score (nSPS) is 11.1. The van der Waals surface area contributed by atoms with Crippen molar-refractivity contribution in [3.8, 4) is 22.9 Å². The highest BCUT2D eigenvalue weighted by molar-refractivity contribution is 5.93. The third kappa shape index (κ3) is 5.00. The number of hydrogen-bond donors (Lipinski definition) is 1. The first-order valence-electron chi connectivity index (χ1n) is 10.1. The van der Waals surface area contributed by atoms with E-state index in [0.717, 1.165) is 16.7 Å². The van der Waals surface area contributed by atoms with Gasteiger partial charge in [-0.15, -0.1) is 0 Å². The second kappa shape index (κ2) is 9.90. The number of halogens is 3. The molecule has 7 nitrogen and oxygen atoms in total. The van der Waals surface area contributed by atoms with E-state index in [1.807, 2.05) is 0 Å². The molecule has 0 radical (unpaired) electrons. The summed E-state index contributed by atoms with van der Waals surface area (Å²) < 4.78 is 56.3. The van der Waals surface area contributed by atoms with Crippen molar-refractivity contribution in [1.29, 1.82) is 0 Å². The molecule has 180 valence electrons. The number of aromatic nitrogens is 1. The molecule has 3 rings (SSSR count). The molecule has 1 heterocycles. The van der Waals surface area contributed by atoms with Crippen molar-refractivity contribution in [2.24, 2.45) is 0 Å². The zero-order chi connectivity index (χ0) is 25.0. The van der Waals surface area contributed by atoms with Crippen LogP contribution in [0.15, 0.2) is 53.3 Å². The van der Waals surface area contributed by atoms with Gasteiger partial charge in [0.15, 0.2) is 11.5 Å². The van der Waals surface area contributed by atoms with Gasteiger partial charge in [-0.25, -0.2) is 0 Å². The standard InChI is InChI=1S/C24H23F3N2O5/c1-14-8-9-18(23(31)29(14)17-7-5-6-16(12-17)24(25,26)27)22(30)28-13-15-10-19(32-2)21(34-4)20(11-15)33-3/h5-12H,13H2,1-4H3,(H,28,30). The fourth-order valence-electron chi connectivity index (χ4n) is 3.46. The summed E-state index contributed by atoms with van der Waals surface area (Å²) in [6.07, 6.45) is -4.57. The Labute approximate surface area is 193 Å². The first-order valence-corrected chi connectivity index (χ1v) is 10.1. The molecule has 0 spiro atoms. The zero-order valence-electron chi connectivity index (χ0n) is 18.9. The Morgan fingerprint density at radius 3 is 2.18 bits per heavy atom. The highest BCUT2D eigenvalue weighted by Crippen LogP contribution is 2.38. The molecule has 0 saturated carbocycles. The van der Waals surface area contributed by atoms with Crippen LogP contribution in [0.4, 0.5) is 13.2 Å². The van der Waals surface area contributed by atoms with Gasteiger partial charge in [0.25, 0.3) is 11.5 Å². The van der Waals surface area contributed by atoms with Crippen LogP contribution in [0.1, 0.15) is 27.2 Å². The van der Waals surface area contributed by atoms with Crippen molar-refractivity contribution >= 4 is 5.91 Å². The van der Waals surface area contributed by atoms with Crippen molar-refractivity contribution in [2.75, 3.05) is 21.3 Å². The number of carbonyl (C=O) groups is 1. The summed E-state index contributed by atoms with van der Waals surface area (Å²) in [5, 5.41) is 2.65. The molecular weight excluding hydrogens is 453 g/mol. The molecule has 0 fully saturated rings. The minimum atomic E-state index is -4.57. The third-order valence-electron chi connectivity index (χ3n) is 5.13. The maximum atomic E-state index is 13.1. The van der Waals surface area contributed by atoms with E-state index >= 15 is 0 Å². The van der Waals surface area contributed by atoms with Gasteiger partial charge in [-0.3, -0.25) is 14.2 Å². The number of rotatable bonds is 7. The van der Waals surface area contributed by atoms with Gasteiger partial charge in [-0.2, -0.15) is 13.2 Å². The molecule has 3 aromatic rings. The lowest BCUT2D eigenvalue weighted by Gasteiger charge is -2.15. The Morgan fingerprint density at radius 1 is 0.971 bits per heavy atom. The largest absolute Gasteiger partial charge is 0.493 e. The fraction of sp³-hybridized carbons (Fsp3) is 0.250. The maximum absolute atomic E-state index is 13.1. The fourth-order valence-corrected chi connectivity index (χ4v) is 3.46. The van der Waals surface area contributed by atoms with Crippen LogP contribution in [-0.4, -0.2) is 31.8 Å². The maximum Gasteiger partial charge on any atom is 0.416 e. The SMILES string of the molecule is COc1cc(CNC(=O)c2ccc(C)n(-c3cccc(C(F)(F)F)c3)c2=O)cc(OC)c1OC. The van der Waals surface area contributed by atoms with E-state index in [4.69, 9.17) is 14.2 Å². The number of pyridine rings is 1. The van der Waals surface area contributed by atoms with Gasteiger partial charge in [-0.1, -0.05) is 6.07 Å². The number of alkyl halides is 3. The second-order valence-corrected chi connectivity index (χ2v) is 7.29. The molecule has 1 amide bonds. The van der Waals surface area contributed by atoms with E-state index in [-0.39, 0.29) is 17.8 Å². The molecule has 1 aromatic heterocycles. The van der Waals surface area contributed by atoms with Gasteiger partial charge in [0, 0.05) is 17.9 Å². The summed E-state index contributed by atoms with van der Waals surface area (Å²) >= 11 is 0. The Kier molecular flexibility index (Phi) is 7.19. The molecular formula is C24H23F3N2O5. The Hall–Kier alpha value is -3.95. The van der Waals surface area contributed by atoms with E-state index in [1.54, 1.807) is 19.1 Å². The molecule has 0 unspecified atom stereocenters. The molecule has 0 saturated heterocycles. The number of amides is 1. The van der Waals surface area contributed by atoms with Crippen LogP contribution in [0.3, 0.4) is 0 Å². The number of methoxy groups -OCH3 is 3. The number of nitrogens with one attached hydrogen (secondary N) is 1. The Morgan fingerprint density at radius 2 is 1.62 bits per heavy atom. The molecule has 0 bridgehead atoms. The van der Waals surface area contributed by atoms with Crippen molar-refractivity contribution in [1.82, 2.24) is 9.88 Å². The van der Waals surface area contributed by atoms with Crippen molar-refractivity contribution in [2.45, 2.75) is 19.6 Å². The molecule has 0 aliphatic heterocycles. The zero-order valence-corrected chi connectivity index (χ0v) is 18.9. The van der Waals surface area contributed by atoms with Gasteiger partial charge in [0.05, 0.1) is 26.9 Å². The van der Waals surface area contributed by atoms with Crippen LogP contribution in [0.2, 0.25) is 0 Å². The van der Waals surface area contributed by atoms with Crippen molar-refractivity contribution in [3.05, 3.63) is 81.3 Å². The van der Waals surface area contributed by atoms with Crippen LogP contribution in [0.25, 0.3) is 5.69 Å². The Bertz CT molecular complexity index is 1240. The average Bonchev–Trinajstić information content (AvgIpc) is 2.81. The Balaban J connectivity index is 1.91. The summed E-state index contributed by atoms with van der Waals surface area (Å²) in [6, 6.07) is 10.5. The number of nitrogens with zero attached hydrogens (tertiary/aromatic N) is 1. The van der Waals surface area contributed by atoms with E-state index in [9.17, 15) is 22.8 Å². The van der Waals surface area contributed by atoms with Crippen LogP contribution >= 0.6 is 0 Å². The number of benzene rings is 2. The van der Waals surface area contributed by atoms with Crippen molar-refractivity contribution in [3.63, 3.8) is 0 Å². The van der Waals surface area contributed by atoms with Crippen molar-refractivity contribution < 1.29 is 32.2 Å². The predicted molar refractivity (Wildman–Crippen MR) is 119 cm³/mol. The van der Waals surface area contributed by atoms with E-state index in [1.165, 1.54) is 45.6 Å². The van der Waals surface area contributed by atoms with Crippen LogP contribution < -0.4 is 25.1 Å².